The fourth-order valence-corrected chi connectivity index (χ4v) is 6.77. The maximum absolute atomic E-state index is 12.9. The molecule has 5 aromatic rings. The first-order valence-electron chi connectivity index (χ1n) is 15.1. The molecule has 15 heteroatoms. The molecule has 6 rings (SSSR count). The van der Waals surface area contributed by atoms with Crippen molar-refractivity contribution >= 4 is 8.53 Å². The van der Waals surface area contributed by atoms with Crippen LogP contribution in [-0.2, 0) is 24.1 Å². The van der Waals surface area contributed by atoms with Crippen molar-refractivity contribution in [2.24, 2.45) is 0 Å². The molecule has 1 aliphatic rings. The standard InChI is InChI=1S/C33H35N6O8P/c1-22-19-38(32(41)35-31(22)40)30-18-28(47-48(44-4)39-21-34-36-37-39)29(46-30)20-45-33(23-8-6-5-7-9-23,24-10-14-26(42-2)15-11-24)25-12-16-27(43-3)17-13-25/h5-17,19,21,28-30H,18,20H2,1-4H3,(H,35,40,41)/t28-,29+,30+,48?/m0/s1. The summed E-state index contributed by atoms with van der Waals surface area (Å²) in [6, 6.07) is 25.3. The lowest BCUT2D eigenvalue weighted by molar-refractivity contribution is -0.0918. The van der Waals surface area contributed by atoms with Gasteiger partial charge in [0.15, 0.2) is 0 Å². The Morgan fingerprint density at radius 1 is 0.917 bits per heavy atom. The maximum Gasteiger partial charge on any atom is 0.330 e. The Morgan fingerprint density at radius 2 is 1.54 bits per heavy atom. The molecule has 3 aromatic carbocycles. The van der Waals surface area contributed by atoms with Crippen LogP contribution in [0.1, 0.15) is 34.9 Å². The molecular formula is C33H35N6O8P. The number of aryl methyl sites for hydroxylation is 1. The van der Waals surface area contributed by atoms with Gasteiger partial charge in [0.2, 0.25) is 0 Å². The minimum Gasteiger partial charge on any atom is -0.497 e. The van der Waals surface area contributed by atoms with Gasteiger partial charge in [-0.15, -0.1) is 5.10 Å². The molecule has 0 spiro atoms. The van der Waals surface area contributed by atoms with Crippen LogP contribution in [0.4, 0.5) is 0 Å². The average molecular weight is 675 g/mol. The van der Waals surface area contributed by atoms with Gasteiger partial charge in [0.1, 0.15) is 35.8 Å². The Labute approximate surface area is 277 Å². The molecule has 2 aromatic heterocycles. The van der Waals surface area contributed by atoms with E-state index in [1.54, 1.807) is 21.1 Å². The zero-order chi connectivity index (χ0) is 33.7. The number of aromatic amines is 1. The Morgan fingerprint density at radius 3 is 2.10 bits per heavy atom. The monoisotopic (exact) mass is 674 g/mol. The molecule has 1 saturated heterocycles. The first-order valence-corrected chi connectivity index (χ1v) is 16.2. The Bertz CT molecular complexity index is 1850. The summed E-state index contributed by atoms with van der Waals surface area (Å²) in [5.74, 6) is 1.39. The number of aromatic nitrogens is 6. The van der Waals surface area contributed by atoms with Crippen molar-refractivity contribution in [3.63, 3.8) is 0 Å². The molecule has 3 heterocycles. The van der Waals surface area contributed by atoms with Gasteiger partial charge in [0.25, 0.3) is 5.56 Å². The quantitative estimate of drug-likeness (QED) is 0.143. The number of H-pyrrole nitrogens is 1. The molecule has 0 saturated carbocycles. The van der Waals surface area contributed by atoms with Gasteiger partial charge in [0.05, 0.1) is 26.9 Å². The van der Waals surface area contributed by atoms with Gasteiger partial charge >= 0.3 is 14.2 Å². The Balaban J connectivity index is 1.42. The van der Waals surface area contributed by atoms with Crippen molar-refractivity contribution in [2.45, 2.75) is 37.4 Å². The van der Waals surface area contributed by atoms with Crippen LogP contribution in [0.3, 0.4) is 0 Å². The average Bonchev–Trinajstić information content (AvgIpc) is 3.81. The predicted octanol–water partition coefficient (Wildman–Crippen LogP) is 3.95. The molecule has 0 amide bonds. The molecular weight excluding hydrogens is 639 g/mol. The highest BCUT2D eigenvalue weighted by molar-refractivity contribution is 7.45. The van der Waals surface area contributed by atoms with Gasteiger partial charge < -0.3 is 28.0 Å². The summed E-state index contributed by atoms with van der Waals surface area (Å²) in [5, 5.41) is 11.4. The van der Waals surface area contributed by atoms with Gasteiger partial charge in [-0.3, -0.25) is 14.3 Å². The molecule has 14 nitrogen and oxygen atoms in total. The van der Waals surface area contributed by atoms with Gasteiger partial charge in [-0.1, -0.05) is 54.6 Å². The number of rotatable bonds is 13. The van der Waals surface area contributed by atoms with Crippen LogP contribution in [0, 0.1) is 6.92 Å². The second kappa shape index (κ2) is 14.6. The number of tetrazole rings is 1. The lowest BCUT2D eigenvalue weighted by Gasteiger charge is -2.37. The largest absolute Gasteiger partial charge is 0.497 e. The Hall–Kier alpha value is -4.72. The van der Waals surface area contributed by atoms with Gasteiger partial charge in [-0.2, -0.15) is 4.45 Å². The third kappa shape index (κ3) is 6.66. The summed E-state index contributed by atoms with van der Waals surface area (Å²) in [5.41, 5.74) is 0.728. The van der Waals surface area contributed by atoms with E-state index in [0.717, 1.165) is 16.7 Å². The van der Waals surface area contributed by atoms with Crippen LogP contribution in [-0.4, -0.2) is 69.7 Å². The zero-order valence-electron chi connectivity index (χ0n) is 26.8. The van der Waals surface area contributed by atoms with E-state index in [4.69, 9.17) is 28.0 Å². The van der Waals surface area contributed by atoms with E-state index >= 15 is 0 Å². The smallest absolute Gasteiger partial charge is 0.330 e. The first kappa shape index (κ1) is 33.2. The van der Waals surface area contributed by atoms with Crippen LogP contribution in [0.15, 0.2) is 101 Å². The normalized spacial score (nSPS) is 18.5. The summed E-state index contributed by atoms with van der Waals surface area (Å²) >= 11 is 0. The second-order valence-corrected chi connectivity index (χ2v) is 12.4. The minimum atomic E-state index is -1.77. The first-order chi connectivity index (χ1) is 23.4. The van der Waals surface area contributed by atoms with Gasteiger partial charge in [-0.25, -0.2) is 4.79 Å². The lowest BCUT2D eigenvalue weighted by atomic mass is 9.80. The van der Waals surface area contributed by atoms with Crippen LogP contribution in [0.2, 0.25) is 0 Å². The lowest BCUT2D eigenvalue weighted by Crippen LogP contribution is -2.38. The van der Waals surface area contributed by atoms with Crippen molar-refractivity contribution in [1.82, 2.24) is 29.5 Å². The predicted molar refractivity (Wildman–Crippen MR) is 175 cm³/mol. The van der Waals surface area contributed by atoms with Crippen LogP contribution in [0.25, 0.3) is 0 Å². The van der Waals surface area contributed by atoms with Crippen molar-refractivity contribution in [2.75, 3.05) is 27.9 Å². The zero-order valence-corrected chi connectivity index (χ0v) is 27.7. The van der Waals surface area contributed by atoms with E-state index < -0.39 is 43.8 Å². The van der Waals surface area contributed by atoms with E-state index in [-0.39, 0.29) is 13.0 Å². The highest BCUT2D eigenvalue weighted by Gasteiger charge is 2.44. The number of nitrogens with zero attached hydrogens (tertiary/aromatic N) is 5. The topological polar surface area (TPSA) is 154 Å². The number of nitrogens with one attached hydrogen (secondary N) is 1. The third-order valence-corrected chi connectivity index (χ3v) is 9.44. The Kier molecular flexibility index (Phi) is 10.1. The SMILES string of the molecule is COc1ccc(C(OC[C@H]2O[C@@H](n3cc(C)c(=O)[nH]c3=O)C[C@@H]2OP(OC)n2cnnn2)(c2ccccc2)c2ccc(OC)cc2)cc1. The molecule has 1 fully saturated rings. The van der Waals surface area contributed by atoms with Crippen LogP contribution < -0.4 is 20.7 Å². The van der Waals surface area contributed by atoms with Gasteiger partial charge in [0, 0.05) is 25.3 Å². The van der Waals surface area contributed by atoms with Gasteiger partial charge in [-0.05, 0) is 58.3 Å². The summed E-state index contributed by atoms with van der Waals surface area (Å²) in [4.78, 5) is 27.4. The van der Waals surface area contributed by atoms with E-state index in [1.807, 2.05) is 78.9 Å². The number of methoxy groups -OCH3 is 2. The van der Waals surface area contributed by atoms with Crippen molar-refractivity contribution in [3.05, 3.63) is 134 Å². The molecule has 1 unspecified atom stereocenters. The second-order valence-electron chi connectivity index (χ2n) is 11.0. The van der Waals surface area contributed by atoms with Crippen LogP contribution >= 0.6 is 8.53 Å². The molecule has 1 aliphatic heterocycles. The van der Waals surface area contributed by atoms with Crippen molar-refractivity contribution in [3.8, 4) is 11.5 Å². The highest BCUT2D eigenvalue weighted by atomic mass is 31.2. The molecule has 0 aliphatic carbocycles. The number of ether oxygens (including phenoxy) is 4. The molecule has 48 heavy (non-hydrogen) atoms. The summed E-state index contributed by atoms with van der Waals surface area (Å²) < 4.78 is 39.4. The van der Waals surface area contributed by atoms with Crippen molar-refractivity contribution < 1.29 is 28.0 Å². The van der Waals surface area contributed by atoms with E-state index in [0.29, 0.717) is 17.1 Å². The number of benzene rings is 3. The van der Waals surface area contributed by atoms with E-state index in [2.05, 4.69) is 20.5 Å². The fraction of sp³-hybridized carbons (Fsp3) is 0.303. The summed E-state index contributed by atoms with van der Waals surface area (Å²) in [6.07, 6.45) is 1.01. The fourth-order valence-electron chi connectivity index (χ4n) is 5.74. The third-order valence-electron chi connectivity index (χ3n) is 8.16. The molecule has 1 N–H and O–H groups in total. The maximum atomic E-state index is 12.9. The van der Waals surface area contributed by atoms with Crippen LogP contribution in [0.5, 0.6) is 11.5 Å². The highest BCUT2D eigenvalue weighted by Crippen LogP contribution is 2.46. The summed E-state index contributed by atoms with van der Waals surface area (Å²) in [6.45, 7) is 1.64. The van der Waals surface area contributed by atoms with E-state index in [1.165, 1.54) is 28.7 Å². The molecule has 250 valence electrons. The summed E-state index contributed by atoms with van der Waals surface area (Å²) in [7, 11) is 2.96. The molecule has 0 radical (unpaired) electrons. The number of hydrogen-bond donors (Lipinski definition) is 1. The van der Waals surface area contributed by atoms with E-state index in [9.17, 15) is 9.59 Å². The minimum absolute atomic E-state index is 0.0215. The molecule has 4 atom stereocenters. The molecule has 0 bridgehead atoms. The van der Waals surface area contributed by atoms with Crippen molar-refractivity contribution in [1.29, 1.82) is 0 Å². The number of hydrogen-bond acceptors (Lipinski definition) is 11.